The van der Waals surface area contributed by atoms with E-state index in [4.69, 9.17) is 0 Å². The van der Waals surface area contributed by atoms with E-state index >= 15 is 0 Å². The minimum Gasteiger partial charge on any atom is -0.349 e. The second kappa shape index (κ2) is 9.21. The Kier molecular flexibility index (Phi) is 7.28. The highest BCUT2D eigenvalue weighted by Gasteiger charge is 2.30. The van der Waals surface area contributed by atoms with Gasteiger partial charge in [0.05, 0.1) is 6.54 Å². The average molecular weight is 351 g/mol. The number of thiophene rings is 1. The molecule has 1 aliphatic rings. The third-order valence-electron chi connectivity index (χ3n) is 5.06. The highest BCUT2D eigenvalue weighted by atomic mass is 32.1. The van der Waals surface area contributed by atoms with Crippen molar-refractivity contribution in [3.8, 4) is 0 Å². The van der Waals surface area contributed by atoms with Gasteiger partial charge in [0.2, 0.25) is 11.8 Å². The van der Waals surface area contributed by atoms with Crippen LogP contribution >= 0.6 is 11.3 Å². The predicted octanol–water partition coefficient (Wildman–Crippen LogP) is 3.72. The summed E-state index contributed by atoms with van der Waals surface area (Å²) in [5.74, 6) is 0.871. The average Bonchev–Trinajstić information content (AvgIpc) is 3.10. The lowest BCUT2D eigenvalue weighted by atomic mass is 9.80. The molecule has 4 nitrogen and oxygen atoms in total. The Balaban J connectivity index is 1.85. The normalized spacial score (nSPS) is 22.2. The van der Waals surface area contributed by atoms with Crippen LogP contribution in [0.3, 0.4) is 0 Å². The summed E-state index contributed by atoms with van der Waals surface area (Å²) in [5.41, 5.74) is 0. The highest BCUT2D eigenvalue weighted by molar-refractivity contribution is 7.09. The molecule has 1 aromatic heterocycles. The summed E-state index contributed by atoms with van der Waals surface area (Å²) in [6.45, 7) is 6.70. The van der Waals surface area contributed by atoms with E-state index in [9.17, 15) is 9.59 Å². The summed E-state index contributed by atoms with van der Waals surface area (Å²) in [6, 6.07) is 3.52. The van der Waals surface area contributed by atoms with Gasteiger partial charge < -0.3 is 10.6 Å². The lowest BCUT2D eigenvalue weighted by Gasteiger charge is -2.29. The summed E-state index contributed by atoms with van der Waals surface area (Å²) in [5, 5.41) is 7.94. The van der Waals surface area contributed by atoms with Gasteiger partial charge in [0.15, 0.2) is 0 Å². The van der Waals surface area contributed by atoms with Crippen LogP contribution in [0.4, 0.5) is 0 Å². The Bertz CT molecular complexity index is 519. The summed E-state index contributed by atoms with van der Waals surface area (Å²) in [7, 11) is 0. The number of rotatable bonds is 7. The fourth-order valence-corrected chi connectivity index (χ4v) is 3.98. The van der Waals surface area contributed by atoms with Crippen molar-refractivity contribution >= 4 is 23.2 Å². The molecule has 134 valence electrons. The molecule has 2 rings (SSSR count). The van der Waals surface area contributed by atoms with Crippen LogP contribution in [0.1, 0.15) is 57.8 Å². The molecular formula is C19H30N2O2S. The molecule has 1 heterocycles. The van der Waals surface area contributed by atoms with Gasteiger partial charge in [0, 0.05) is 10.8 Å². The summed E-state index contributed by atoms with van der Waals surface area (Å²) >= 11 is 1.62. The molecule has 0 bridgehead atoms. The van der Waals surface area contributed by atoms with Gasteiger partial charge in [-0.25, -0.2) is 0 Å². The fourth-order valence-electron chi connectivity index (χ4n) is 3.34. The van der Waals surface area contributed by atoms with E-state index in [1.165, 1.54) is 6.42 Å². The monoisotopic (exact) mass is 350 g/mol. The molecule has 1 fully saturated rings. The summed E-state index contributed by atoms with van der Waals surface area (Å²) in [4.78, 5) is 26.2. The molecule has 1 unspecified atom stereocenters. The molecular weight excluding hydrogens is 320 g/mol. The zero-order chi connectivity index (χ0) is 17.5. The first-order valence-corrected chi connectivity index (χ1v) is 9.99. The van der Waals surface area contributed by atoms with Crippen LogP contribution in [0, 0.1) is 17.8 Å². The molecule has 5 heteroatoms. The van der Waals surface area contributed by atoms with E-state index in [2.05, 4.69) is 17.6 Å². The van der Waals surface area contributed by atoms with Gasteiger partial charge in [-0.1, -0.05) is 33.3 Å². The number of hydrogen-bond donors (Lipinski definition) is 2. The van der Waals surface area contributed by atoms with E-state index in [1.54, 1.807) is 11.3 Å². The predicted molar refractivity (Wildman–Crippen MR) is 98.7 cm³/mol. The number of nitrogens with one attached hydrogen (secondary N) is 2. The molecule has 0 spiro atoms. The van der Waals surface area contributed by atoms with Crippen molar-refractivity contribution in [3.63, 3.8) is 0 Å². The standard InChI is InChI=1S/C19H30N2O2S/c1-4-14-7-9-15(10-8-14)18(22)21-17(13(2)3)19(23)20-12-16-6-5-11-24-16/h5-6,11,13-15,17H,4,7-10,12H2,1-3H3,(H,20,23)(H,21,22). The largest absolute Gasteiger partial charge is 0.349 e. The SMILES string of the molecule is CCC1CCC(C(=O)NC(C(=O)NCc2cccs2)C(C)C)CC1. The second-order valence-corrected chi connectivity index (χ2v) is 8.19. The Hall–Kier alpha value is -1.36. The highest BCUT2D eigenvalue weighted by Crippen LogP contribution is 2.30. The van der Waals surface area contributed by atoms with Gasteiger partial charge in [0.1, 0.15) is 6.04 Å². The van der Waals surface area contributed by atoms with E-state index in [-0.39, 0.29) is 23.7 Å². The third kappa shape index (κ3) is 5.33. The summed E-state index contributed by atoms with van der Waals surface area (Å²) < 4.78 is 0. The van der Waals surface area contributed by atoms with Crippen LogP contribution in [0.25, 0.3) is 0 Å². The van der Waals surface area contributed by atoms with Gasteiger partial charge in [-0.3, -0.25) is 9.59 Å². The Labute approximate surface area is 149 Å². The lowest BCUT2D eigenvalue weighted by molar-refractivity contribution is -0.133. The smallest absolute Gasteiger partial charge is 0.243 e. The number of amides is 2. The van der Waals surface area contributed by atoms with E-state index < -0.39 is 6.04 Å². The second-order valence-electron chi connectivity index (χ2n) is 7.15. The van der Waals surface area contributed by atoms with Crippen molar-refractivity contribution in [1.82, 2.24) is 10.6 Å². The maximum absolute atomic E-state index is 12.6. The van der Waals surface area contributed by atoms with E-state index in [0.717, 1.165) is 36.5 Å². The molecule has 1 aromatic rings. The van der Waals surface area contributed by atoms with Crippen molar-refractivity contribution < 1.29 is 9.59 Å². The molecule has 0 radical (unpaired) electrons. The van der Waals surface area contributed by atoms with Gasteiger partial charge in [-0.15, -0.1) is 11.3 Å². The lowest BCUT2D eigenvalue weighted by Crippen LogP contribution is -2.51. The van der Waals surface area contributed by atoms with Crippen LogP contribution in [0.5, 0.6) is 0 Å². The zero-order valence-corrected chi connectivity index (χ0v) is 15.8. The van der Waals surface area contributed by atoms with Crippen molar-refractivity contribution in [2.24, 2.45) is 17.8 Å². The first-order chi connectivity index (χ1) is 11.5. The van der Waals surface area contributed by atoms with Crippen molar-refractivity contribution in [2.45, 2.75) is 65.5 Å². The maximum atomic E-state index is 12.6. The van der Waals surface area contributed by atoms with Crippen LogP contribution in [-0.2, 0) is 16.1 Å². The summed E-state index contributed by atoms with van der Waals surface area (Å²) in [6.07, 6.45) is 5.36. The first-order valence-electron chi connectivity index (χ1n) is 9.11. The minimum atomic E-state index is -0.457. The molecule has 1 saturated carbocycles. The minimum absolute atomic E-state index is 0.0505. The van der Waals surface area contributed by atoms with Gasteiger partial charge in [0.25, 0.3) is 0 Å². The van der Waals surface area contributed by atoms with Crippen molar-refractivity contribution in [3.05, 3.63) is 22.4 Å². The molecule has 0 aliphatic heterocycles. The molecule has 1 atom stereocenters. The molecule has 0 aromatic carbocycles. The van der Waals surface area contributed by atoms with Gasteiger partial charge >= 0.3 is 0 Å². The van der Waals surface area contributed by atoms with Gasteiger partial charge in [-0.2, -0.15) is 0 Å². The van der Waals surface area contributed by atoms with Crippen molar-refractivity contribution in [2.75, 3.05) is 0 Å². The van der Waals surface area contributed by atoms with Crippen LogP contribution in [0.15, 0.2) is 17.5 Å². The Morgan fingerprint density at radius 3 is 2.50 bits per heavy atom. The number of carbonyl (C=O) groups is 2. The quantitative estimate of drug-likeness (QED) is 0.787. The maximum Gasteiger partial charge on any atom is 0.243 e. The van der Waals surface area contributed by atoms with Gasteiger partial charge in [-0.05, 0) is 49.0 Å². The molecule has 2 amide bonds. The van der Waals surface area contributed by atoms with Crippen molar-refractivity contribution in [1.29, 1.82) is 0 Å². The third-order valence-corrected chi connectivity index (χ3v) is 5.94. The number of hydrogen-bond acceptors (Lipinski definition) is 3. The molecule has 1 aliphatic carbocycles. The Morgan fingerprint density at radius 2 is 1.96 bits per heavy atom. The fraction of sp³-hybridized carbons (Fsp3) is 0.684. The Morgan fingerprint density at radius 1 is 1.25 bits per heavy atom. The molecule has 0 saturated heterocycles. The van der Waals surface area contributed by atoms with Crippen LogP contribution < -0.4 is 10.6 Å². The van der Waals surface area contributed by atoms with E-state index in [0.29, 0.717) is 6.54 Å². The van der Waals surface area contributed by atoms with E-state index in [1.807, 2.05) is 31.4 Å². The van der Waals surface area contributed by atoms with Crippen LogP contribution in [0.2, 0.25) is 0 Å². The van der Waals surface area contributed by atoms with Crippen LogP contribution in [-0.4, -0.2) is 17.9 Å². The topological polar surface area (TPSA) is 58.2 Å². The number of carbonyl (C=O) groups excluding carboxylic acids is 2. The first kappa shape index (κ1) is 19.0. The zero-order valence-electron chi connectivity index (χ0n) is 15.0. The molecule has 24 heavy (non-hydrogen) atoms. The molecule has 2 N–H and O–H groups in total.